The SMILES string of the molecule is CCOc1ccc(Br)cc1S(=O)(=O)N1CC(CC(=O)O)C1. The summed E-state index contributed by atoms with van der Waals surface area (Å²) >= 11 is 3.26. The number of ether oxygens (including phenoxy) is 1. The molecule has 0 bridgehead atoms. The first-order valence-corrected chi connectivity index (χ1v) is 8.72. The Morgan fingerprint density at radius 2 is 2.14 bits per heavy atom. The molecule has 8 heteroatoms. The molecule has 1 fully saturated rings. The molecule has 6 nitrogen and oxygen atoms in total. The monoisotopic (exact) mass is 377 g/mol. The van der Waals surface area contributed by atoms with Crippen LogP contribution in [0.25, 0.3) is 0 Å². The van der Waals surface area contributed by atoms with Crippen molar-refractivity contribution in [2.45, 2.75) is 18.2 Å². The Kier molecular flexibility index (Phi) is 4.90. The highest BCUT2D eigenvalue weighted by molar-refractivity contribution is 9.10. The Labute approximate surface area is 131 Å². The average molecular weight is 378 g/mol. The van der Waals surface area contributed by atoms with E-state index in [0.29, 0.717) is 16.8 Å². The van der Waals surface area contributed by atoms with Gasteiger partial charge in [-0.3, -0.25) is 4.79 Å². The van der Waals surface area contributed by atoms with E-state index in [9.17, 15) is 13.2 Å². The van der Waals surface area contributed by atoms with Gasteiger partial charge in [0.2, 0.25) is 10.0 Å². The van der Waals surface area contributed by atoms with Crippen molar-refractivity contribution >= 4 is 31.9 Å². The van der Waals surface area contributed by atoms with Gasteiger partial charge < -0.3 is 9.84 Å². The highest BCUT2D eigenvalue weighted by Gasteiger charge is 2.39. The van der Waals surface area contributed by atoms with Crippen LogP contribution in [0.5, 0.6) is 5.75 Å². The van der Waals surface area contributed by atoms with Crippen LogP contribution in [0.4, 0.5) is 0 Å². The van der Waals surface area contributed by atoms with Crippen molar-refractivity contribution in [2.24, 2.45) is 5.92 Å². The van der Waals surface area contributed by atoms with E-state index in [1.54, 1.807) is 19.1 Å². The van der Waals surface area contributed by atoms with Crippen LogP contribution in [0.2, 0.25) is 0 Å². The van der Waals surface area contributed by atoms with Gasteiger partial charge in [-0.25, -0.2) is 8.42 Å². The van der Waals surface area contributed by atoms with Gasteiger partial charge in [0.1, 0.15) is 10.6 Å². The molecule has 0 atom stereocenters. The highest BCUT2D eigenvalue weighted by Crippen LogP contribution is 2.33. The molecule has 116 valence electrons. The first kappa shape index (κ1) is 16.3. The van der Waals surface area contributed by atoms with Gasteiger partial charge in [-0.15, -0.1) is 0 Å². The van der Waals surface area contributed by atoms with Crippen LogP contribution >= 0.6 is 15.9 Å². The Balaban J connectivity index is 2.21. The van der Waals surface area contributed by atoms with Gasteiger partial charge in [-0.2, -0.15) is 4.31 Å². The third-order valence-corrected chi connectivity index (χ3v) is 5.56. The van der Waals surface area contributed by atoms with E-state index in [1.165, 1.54) is 10.4 Å². The summed E-state index contributed by atoms with van der Waals surface area (Å²) in [6.07, 6.45) is -0.0111. The van der Waals surface area contributed by atoms with Crippen molar-refractivity contribution in [1.82, 2.24) is 4.31 Å². The molecule has 1 N–H and O–H groups in total. The first-order chi connectivity index (χ1) is 9.84. The molecule has 0 radical (unpaired) electrons. The predicted molar refractivity (Wildman–Crippen MR) is 79.8 cm³/mol. The summed E-state index contributed by atoms with van der Waals surface area (Å²) in [7, 11) is -3.66. The molecule has 0 aromatic heterocycles. The fourth-order valence-corrected chi connectivity index (χ4v) is 4.45. The standard InChI is InChI=1S/C13H16BrNO5S/c1-2-20-11-4-3-10(14)6-12(11)21(18,19)15-7-9(8-15)5-13(16)17/h3-4,6,9H,2,5,7-8H2,1H3,(H,16,17). The van der Waals surface area contributed by atoms with Gasteiger partial charge in [0.15, 0.2) is 0 Å². The molecule has 0 amide bonds. The lowest BCUT2D eigenvalue weighted by Crippen LogP contribution is -2.50. The molecular formula is C13H16BrNO5S. The van der Waals surface area contributed by atoms with Crippen LogP contribution in [0.3, 0.4) is 0 Å². The van der Waals surface area contributed by atoms with E-state index in [0.717, 1.165) is 0 Å². The lowest BCUT2D eigenvalue weighted by molar-refractivity contribution is -0.139. The summed E-state index contributed by atoms with van der Waals surface area (Å²) in [5, 5.41) is 8.71. The smallest absolute Gasteiger partial charge is 0.303 e. The van der Waals surface area contributed by atoms with Crippen LogP contribution in [0.15, 0.2) is 27.6 Å². The summed E-state index contributed by atoms with van der Waals surface area (Å²) < 4.78 is 32.4. The summed E-state index contributed by atoms with van der Waals surface area (Å²) in [4.78, 5) is 10.7. The summed E-state index contributed by atoms with van der Waals surface area (Å²) in [5.41, 5.74) is 0. The minimum atomic E-state index is -3.66. The Morgan fingerprint density at radius 1 is 1.48 bits per heavy atom. The highest BCUT2D eigenvalue weighted by atomic mass is 79.9. The van der Waals surface area contributed by atoms with E-state index in [4.69, 9.17) is 9.84 Å². The van der Waals surface area contributed by atoms with Crippen LogP contribution in [0, 0.1) is 5.92 Å². The van der Waals surface area contributed by atoms with Gasteiger partial charge in [0.25, 0.3) is 0 Å². The van der Waals surface area contributed by atoms with E-state index < -0.39 is 16.0 Å². The fourth-order valence-electron chi connectivity index (χ4n) is 2.19. The average Bonchev–Trinajstić information content (AvgIpc) is 2.35. The second kappa shape index (κ2) is 6.33. The van der Waals surface area contributed by atoms with Gasteiger partial charge in [-0.05, 0) is 31.0 Å². The minimum absolute atomic E-state index is 0.0111. The quantitative estimate of drug-likeness (QED) is 0.818. The number of rotatable bonds is 6. The molecule has 0 aliphatic carbocycles. The number of hydrogen-bond donors (Lipinski definition) is 1. The van der Waals surface area contributed by atoms with Crippen LogP contribution in [-0.2, 0) is 14.8 Å². The Hall–Kier alpha value is -1.12. The van der Waals surface area contributed by atoms with Gasteiger partial charge in [0.05, 0.1) is 13.0 Å². The van der Waals surface area contributed by atoms with Gasteiger partial charge in [-0.1, -0.05) is 15.9 Å². The number of aliphatic carboxylic acids is 1. The largest absolute Gasteiger partial charge is 0.492 e. The van der Waals surface area contributed by atoms with Crippen LogP contribution < -0.4 is 4.74 Å². The zero-order valence-corrected chi connectivity index (χ0v) is 13.9. The molecular weight excluding hydrogens is 362 g/mol. The second-order valence-electron chi connectivity index (χ2n) is 4.81. The van der Waals surface area contributed by atoms with E-state index >= 15 is 0 Å². The molecule has 1 aromatic rings. The topological polar surface area (TPSA) is 83.9 Å². The number of hydrogen-bond acceptors (Lipinski definition) is 4. The summed E-state index contributed by atoms with van der Waals surface area (Å²) in [5.74, 6) is -0.725. The van der Waals surface area contributed by atoms with Crippen molar-refractivity contribution in [3.8, 4) is 5.75 Å². The van der Waals surface area contributed by atoms with Crippen molar-refractivity contribution < 1.29 is 23.1 Å². The number of halogens is 1. The number of carbonyl (C=O) groups is 1. The lowest BCUT2D eigenvalue weighted by Gasteiger charge is -2.37. The van der Waals surface area contributed by atoms with Gasteiger partial charge in [0, 0.05) is 17.6 Å². The maximum atomic E-state index is 12.6. The maximum absolute atomic E-state index is 12.6. The van der Waals surface area contributed by atoms with E-state index in [-0.39, 0.29) is 30.3 Å². The zero-order valence-electron chi connectivity index (χ0n) is 11.5. The molecule has 2 rings (SSSR count). The summed E-state index contributed by atoms with van der Waals surface area (Å²) in [6, 6.07) is 4.83. The normalized spacial score (nSPS) is 16.5. The number of nitrogens with zero attached hydrogens (tertiary/aromatic N) is 1. The number of carboxylic acid groups (broad SMARTS) is 1. The number of benzene rings is 1. The molecule has 0 saturated carbocycles. The second-order valence-corrected chi connectivity index (χ2v) is 7.63. The van der Waals surface area contributed by atoms with Crippen molar-refractivity contribution in [2.75, 3.05) is 19.7 Å². The van der Waals surface area contributed by atoms with Crippen molar-refractivity contribution in [1.29, 1.82) is 0 Å². The van der Waals surface area contributed by atoms with Crippen molar-refractivity contribution in [3.05, 3.63) is 22.7 Å². The Morgan fingerprint density at radius 3 is 2.71 bits per heavy atom. The Bertz CT molecular complexity index is 640. The molecule has 1 saturated heterocycles. The van der Waals surface area contributed by atoms with Crippen molar-refractivity contribution in [3.63, 3.8) is 0 Å². The first-order valence-electron chi connectivity index (χ1n) is 6.49. The minimum Gasteiger partial charge on any atom is -0.492 e. The molecule has 0 spiro atoms. The molecule has 1 aromatic carbocycles. The molecule has 1 heterocycles. The third-order valence-electron chi connectivity index (χ3n) is 3.21. The van der Waals surface area contributed by atoms with Crippen LogP contribution in [-0.4, -0.2) is 43.5 Å². The number of carboxylic acids is 1. The molecule has 1 aliphatic rings. The fraction of sp³-hybridized carbons (Fsp3) is 0.462. The molecule has 1 aliphatic heterocycles. The third kappa shape index (κ3) is 3.56. The van der Waals surface area contributed by atoms with E-state index in [1.807, 2.05) is 0 Å². The molecule has 21 heavy (non-hydrogen) atoms. The van der Waals surface area contributed by atoms with Crippen LogP contribution in [0.1, 0.15) is 13.3 Å². The zero-order chi connectivity index (χ0) is 15.6. The predicted octanol–water partition coefficient (Wildman–Crippen LogP) is 1.94. The van der Waals surface area contributed by atoms with Gasteiger partial charge >= 0.3 is 5.97 Å². The lowest BCUT2D eigenvalue weighted by atomic mass is 10.00. The summed E-state index contributed by atoms with van der Waals surface area (Å²) in [6.45, 7) is 2.61. The maximum Gasteiger partial charge on any atom is 0.303 e. The molecule has 0 unspecified atom stereocenters. The number of sulfonamides is 1. The van der Waals surface area contributed by atoms with E-state index in [2.05, 4.69) is 15.9 Å².